The van der Waals surface area contributed by atoms with E-state index in [1.165, 1.54) is 75.6 Å². The van der Waals surface area contributed by atoms with Gasteiger partial charge in [-0.1, -0.05) is 86.3 Å². The van der Waals surface area contributed by atoms with Gasteiger partial charge in [0.1, 0.15) is 0 Å². The first-order valence-corrected chi connectivity index (χ1v) is 13.9. The number of benzene rings is 2. The first kappa shape index (κ1) is 41.9. The molecule has 222 valence electrons. The summed E-state index contributed by atoms with van der Waals surface area (Å²) in [5, 5.41) is 14.3. The highest BCUT2D eigenvalue weighted by molar-refractivity contribution is 5.86. The van der Waals surface area contributed by atoms with Crippen molar-refractivity contribution in [2.45, 2.75) is 64.2 Å². The zero-order chi connectivity index (χ0) is 23.8. The maximum Gasteiger partial charge on any atom is -0.000834 e. The number of nitrogens with one attached hydrogen (secondary N) is 4. The number of hydrogen-bond acceptors (Lipinski definition) is 4. The van der Waals surface area contributed by atoms with Gasteiger partial charge in [-0.3, -0.25) is 0 Å². The lowest BCUT2D eigenvalue weighted by Gasteiger charge is -2.07. The Labute approximate surface area is 258 Å². The summed E-state index contributed by atoms with van der Waals surface area (Å²) in [6.07, 6.45) is 12.8. The molecule has 0 heterocycles. The van der Waals surface area contributed by atoms with E-state index >= 15 is 0 Å². The van der Waals surface area contributed by atoms with Crippen molar-refractivity contribution < 1.29 is 0 Å². The summed E-state index contributed by atoms with van der Waals surface area (Å²) in [5.74, 6) is 0. The second kappa shape index (κ2) is 32.7. The molecule has 0 fully saturated rings. The molecule has 4 nitrogen and oxygen atoms in total. The first-order chi connectivity index (χ1) is 16.9. The molecule has 0 aliphatic carbocycles. The monoisotopic (exact) mass is 610 g/mol. The lowest BCUT2D eigenvalue weighted by molar-refractivity contribution is 0.535. The van der Waals surface area contributed by atoms with Crippen LogP contribution in [0.1, 0.15) is 62.5 Å². The van der Waals surface area contributed by atoms with Crippen LogP contribution in [-0.4, -0.2) is 52.4 Å². The van der Waals surface area contributed by atoms with Crippen molar-refractivity contribution in [3.05, 3.63) is 71.8 Å². The van der Waals surface area contributed by atoms with E-state index in [2.05, 4.69) is 81.9 Å². The van der Waals surface area contributed by atoms with Crippen LogP contribution in [0.4, 0.5) is 0 Å². The van der Waals surface area contributed by atoms with Gasteiger partial charge in [-0.15, -0.1) is 49.6 Å². The molecule has 0 atom stereocenters. The normalized spacial score (nSPS) is 10.0. The van der Waals surface area contributed by atoms with Gasteiger partial charge in [0, 0.05) is 0 Å². The third-order valence-electron chi connectivity index (χ3n) is 6.24. The molecule has 38 heavy (non-hydrogen) atoms. The fourth-order valence-electron chi connectivity index (χ4n) is 4.14. The van der Waals surface area contributed by atoms with Gasteiger partial charge in [-0.2, -0.15) is 0 Å². The molecule has 0 saturated heterocycles. The molecule has 0 spiro atoms. The van der Waals surface area contributed by atoms with Crippen molar-refractivity contribution in [2.24, 2.45) is 0 Å². The van der Waals surface area contributed by atoms with Crippen LogP contribution in [0.25, 0.3) is 0 Å². The second-order valence-corrected chi connectivity index (χ2v) is 9.30. The molecule has 0 unspecified atom stereocenters. The Morgan fingerprint density at radius 1 is 0.316 bits per heavy atom. The van der Waals surface area contributed by atoms with Gasteiger partial charge in [0.25, 0.3) is 0 Å². The molecule has 2 aromatic rings. The van der Waals surface area contributed by atoms with E-state index < -0.39 is 0 Å². The maximum absolute atomic E-state index is 3.59. The van der Waals surface area contributed by atoms with Gasteiger partial charge < -0.3 is 21.3 Å². The molecule has 0 amide bonds. The summed E-state index contributed by atoms with van der Waals surface area (Å²) >= 11 is 0. The Hall–Kier alpha value is -0.560. The lowest BCUT2D eigenvalue weighted by atomic mass is 10.1. The molecule has 2 rings (SSSR count). The molecular formula is C30H54Cl4N4. The summed E-state index contributed by atoms with van der Waals surface area (Å²) in [4.78, 5) is 0. The minimum Gasteiger partial charge on any atom is -0.317 e. The smallest absolute Gasteiger partial charge is 0.000834 e. The molecular weight excluding hydrogens is 558 g/mol. The summed E-state index contributed by atoms with van der Waals surface area (Å²) in [7, 11) is 0. The van der Waals surface area contributed by atoms with Crippen LogP contribution in [0.5, 0.6) is 0 Å². The zero-order valence-corrected chi connectivity index (χ0v) is 26.4. The molecule has 4 N–H and O–H groups in total. The molecule has 0 saturated carbocycles. The third kappa shape index (κ3) is 25.7. The van der Waals surface area contributed by atoms with Crippen molar-refractivity contribution in [1.29, 1.82) is 0 Å². The second-order valence-electron chi connectivity index (χ2n) is 9.30. The van der Waals surface area contributed by atoms with Gasteiger partial charge in [-0.25, -0.2) is 0 Å². The van der Waals surface area contributed by atoms with E-state index in [1.54, 1.807) is 0 Å². The molecule has 8 heteroatoms. The Kier molecular flexibility index (Phi) is 36.0. The highest BCUT2D eigenvalue weighted by Crippen LogP contribution is 2.04. The van der Waals surface area contributed by atoms with Crippen molar-refractivity contribution in [3.63, 3.8) is 0 Å². The highest BCUT2D eigenvalue weighted by atomic mass is 35.5. The topological polar surface area (TPSA) is 48.1 Å². The Balaban J connectivity index is -0.00000306. The largest absolute Gasteiger partial charge is 0.317 e. The Morgan fingerprint density at radius 2 is 0.605 bits per heavy atom. The van der Waals surface area contributed by atoms with Gasteiger partial charge >= 0.3 is 0 Å². The number of halogens is 4. The van der Waals surface area contributed by atoms with Gasteiger partial charge in [0.05, 0.1) is 0 Å². The molecule has 0 radical (unpaired) electrons. The van der Waals surface area contributed by atoms with Crippen molar-refractivity contribution >= 4 is 49.6 Å². The van der Waals surface area contributed by atoms with E-state index in [1.807, 2.05) is 0 Å². The van der Waals surface area contributed by atoms with Crippen molar-refractivity contribution in [3.8, 4) is 0 Å². The van der Waals surface area contributed by atoms with E-state index in [0.29, 0.717) is 0 Å². The van der Waals surface area contributed by atoms with Crippen LogP contribution in [-0.2, 0) is 12.8 Å². The third-order valence-corrected chi connectivity index (χ3v) is 6.24. The van der Waals surface area contributed by atoms with E-state index in [0.717, 1.165) is 52.1 Å². The molecule has 0 aromatic heterocycles. The Bertz CT molecular complexity index is 621. The summed E-state index contributed by atoms with van der Waals surface area (Å²) in [6, 6.07) is 21.4. The number of rotatable bonds is 23. The standard InChI is InChI=1S/C30H50N4.4ClH/c1(3-11-21-31-23-13-25-33-27-19-29-15-7-5-8-16-29)2-4-12-22-32-24-14-26-34-28-20-30-17-9-6-10-18-30;;;;/h5-10,15-18,31-34H,1-4,11-14,19-28H2;4*1H. The van der Waals surface area contributed by atoms with Crippen molar-refractivity contribution in [1.82, 2.24) is 21.3 Å². The van der Waals surface area contributed by atoms with E-state index in [-0.39, 0.29) is 49.6 Å². The average Bonchev–Trinajstić information content (AvgIpc) is 2.88. The van der Waals surface area contributed by atoms with Gasteiger partial charge in [0.2, 0.25) is 0 Å². The van der Waals surface area contributed by atoms with Crippen LogP contribution < -0.4 is 21.3 Å². The fourth-order valence-corrected chi connectivity index (χ4v) is 4.14. The van der Waals surface area contributed by atoms with Crippen LogP contribution in [0.3, 0.4) is 0 Å². The van der Waals surface area contributed by atoms with Crippen molar-refractivity contribution in [2.75, 3.05) is 52.4 Å². The Morgan fingerprint density at radius 3 is 0.974 bits per heavy atom. The average molecular weight is 613 g/mol. The highest BCUT2D eigenvalue weighted by Gasteiger charge is 1.95. The number of unbranched alkanes of at least 4 members (excludes halogenated alkanes) is 5. The molecule has 0 bridgehead atoms. The summed E-state index contributed by atoms with van der Waals surface area (Å²) in [5.41, 5.74) is 2.84. The zero-order valence-electron chi connectivity index (χ0n) is 23.1. The van der Waals surface area contributed by atoms with Crippen LogP contribution in [0.15, 0.2) is 60.7 Å². The van der Waals surface area contributed by atoms with Crippen LogP contribution >= 0.6 is 49.6 Å². The minimum absolute atomic E-state index is 0. The molecule has 0 aliphatic heterocycles. The van der Waals surface area contributed by atoms with Crippen LogP contribution in [0, 0.1) is 0 Å². The molecule has 2 aromatic carbocycles. The summed E-state index contributed by atoms with van der Waals surface area (Å²) < 4.78 is 0. The predicted molar refractivity (Wildman–Crippen MR) is 178 cm³/mol. The van der Waals surface area contributed by atoms with Gasteiger partial charge in [-0.05, 0) is 102 Å². The quantitative estimate of drug-likeness (QED) is 0.106. The van der Waals surface area contributed by atoms with E-state index in [4.69, 9.17) is 0 Å². The van der Waals surface area contributed by atoms with Crippen LogP contribution in [0.2, 0.25) is 0 Å². The molecule has 0 aliphatic rings. The van der Waals surface area contributed by atoms with E-state index in [9.17, 15) is 0 Å². The first-order valence-electron chi connectivity index (χ1n) is 13.9. The number of hydrogen-bond donors (Lipinski definition) is 4. The minimum atomic E-state index is 0. The maximum atomic E-state index is 3.59. The SMILES string of the molecule is Cl.Cl.Cl.Cl.c1ccc(CCNCCCNCCCCCCCCNCCCNCCc2ccccc2)cc1. The lowest BCUT2D eigenvalue weighted by Crippen LogP contribution is -2.24. The predicted octanol–water partition coefficient (Wildman–Crippen LogP) is 6.64. The van der Waals surface area contributed by atoms with Gasteiger partial charge in [0.15, 0.2) is 0 Å². The summed E-state index contributed by atoms with van der Waals surface area (Å²) in [6.45, 7) is 8.98. The fraction of sp³-hybridized carbons (Fsp3) is 0.600.